The van der Waals surface area contributed by atoms with E-state index in [1.165, 1.54) is 12.3 Å². The summed E-state index contributed by atoms with van der Waals surface area (Å²) in [6.45, 7) is 7.16. The van der Waals surface area contributed by atoms with Crippen molar-refractivity contribution in [2.75, 3.05) is 18.5 Å². The third kappa shape index (κ3) is 4.36. The zero-order valence-electron chi connectivity index (χ0n) is 11.3. The Kier molecular flexibility index (Phi) is 6.05. The fourth-order valence-corrected chi connectivity index (χ4v) is 1.78. The lowest BCUT2D eigenvalue weighted by Crippen LogP contribution is -2.31. The number of ether oxygens (including phenoxy) is 1. The fraction of sp³-hybridized carbons (Fsp3) is 0.538. The van der Waals surface area contributed by atoms with Crippen LogP contribution >= 0.6 is 11.6 Å². The second kappa shape index (κ2) is 7.31. The van der Waals surface area contributed by atoms with E-state index >= 15 is 0 Å². The molecule has 19 heavy (non-hydrogen) atoms. The van der Waals surface area contributed by atoms with E-state index in [0.29, 0.717) is 24.9 Å². The third-order valence-electron chi connectivity index (χ3n) is 2.75. The molecule has 0 amide bonds. The van der Waals surface area contributed by atoms with Gasteiger partial charge in [0.05, 0.1) is 23.2 Å². The number of rotatable bonds is 7. The summed E-state index contributed by atoms with van der Waals surface area (Å²) in [5, 5.41) is 12.3. The lowest BCUT2D eigenvalue weighted by Gasteiger charge is -2.23. The first-order chi connectivity index (χ1) is 8.97. The molecule has 1 unspecified atom stereocenters. The van der Waals surface area contributed by atoms with E-state index in [9.17, 15) is 4.79 Å². The maximum atomic E-state index is 11.0. The van der Waals surface area contributed by atoms with Crippen LogP contribution < -0.4 is 5.32 Å². The van der Waals surface area contributed by atoms with Crippen molar-refractivity contribution >= 4 is 23.4 Å². The lowest BCUT2D eigenvalue weighted by molar-refractivity contribution is 0.0697. The minimum absolute atomic E-state index is 0.0222. The van der Waals surface area contributed by atoms with Crippen molar-refractivity contribution in [1.82, 2.24) is 4.98 Å². The normalized spacial score (nSPS) is 12.5. The Balaban J connectivity index is 2.90. The Labute approximate surface area is 117 Å². The molecule has 0 spiro atoms. The zero-order chi connectivity index (χ0) is 14.4. The van der Waals surface area contributed by atoms with Gasteiger partial charge in [-0.25, -0.2) is 9.78 Å². The SMILES string of the molecule is CCOCC(Nc1nccc(C(=O)O)c1Cl)C(C)C. The summed E-state index contributed by atoms with van der Waals surface area (Å²) in [6, 6.07) is 1.40. The van der Waals surface area contributed by atoms with Crippen LogP contribution in [0.3, 0.4) is 0 Å². The number of carboxylic acid groups (broad SMARTS) is 1. The molecule has 1 aromatic heterocycles. The van der Waals surface area contributed by atoms with Gasteiger partial charge in [-0.1, -0.05) is 25.4 Å². The standard InChI is InChI=1S/C13H19ClN2O3/c1-4-19-7-10(8(2)3)16-12-11(14)9(13(17)18)5-6-15-12/h5-6,8,10H,4,7H2,1-3H3,(H,15,16)(H,17,18). The van der Waals surface area contributed by atoms with E-state index in [0.717, 1.165) is 0 Å². The van der Waals surface area contributed by atoms with Crippen LogP contribution in [-0.2, 0) is 4.74 Å². The molecule has 106 valence electrons. The minimum atomic E-state index is -1.07. The van der Waals surface area contributed by atoms with Crippen molar-refractivity contribution in [1.29, 1.82) is 0 Å². The average Bonchev–Trinajstić information content (AvgIpc) is 2.35. The number of hydrogen-bond acceptors (Lipinski definition) is 4. The summed E-state index contributed by atoms with van der Waals surface area (Å²) >= 11 is 6.04. The van der Waals surface area contributed by atoms with Gasteiger partial charge in [-0.3, -0.25) is 0 Å². The number of nitrogens with one attached hydrogen (secondary N) is 1. The molecule has 0 radical (unpaired) electrons. The maximum absolute atomic E-state index is 11.0. The van der Waals surface area contributed by atoms with Crippen LogP contribution in [-0.4, -0.2) is 35.3 Å². The van der Waals surface area contributed by atoms with Crippen molar-refractivity contribution in [3.8, 4) is 0 Å². The summed E-state index contributed by atoms with van der Waals surface area (Å²) in [6.07, 6.45) is 1.43. The molecular formula is C13H19ClN2O3. The third-order valence-corrected chi connectivity index (χ3v) is 3.13. The second-order valence-electron chi connectivity index (χ2n) is 4.48. The number of nitrogens with zero attached hydrogens (tertiary/aromatic N) is 1. The maximum Gasteiger partial charge on any atom is 0.337 e. The topological polar surface area (TPSA) is 71.5 Å². The number of aromatic nitrogens is 1. The first-order valence-corrected chi connectivity index (χ1v) is 6.57. The van der Waals surface area contributed by atoms with Crippen LogP contribution in [0.15, 0.2) is 12.3 Å². The van der Waals surface area contributed by atoms with Gasteiger partial charge in [-0.05, 0) is 18.9 Å². The Hall–Kier alpha value is -1.33. The van der Waals surface area contributed by atoms with Crippen LogP contribution in [0, 0.1) is 5.92 Å². The molecule has 0 aromatic carbocycles. The highest BCUT2D eigenvalue weighted by atomic mass is 35.5. The first-order valence-electron chi connectivity index (χ1n) is 6.19. The van der Waals surface area contributed by atoms with Crippen LogP contribution in [0.5, 0.6) is 0 Å². The average molecular weight is 287 g/mol. The minimum Gasteiger partial charge on any atom is -0.478 e. The molecule has 0 aliphatic carbocycles. The summed E-state index contributed by atoms with van der Waals surface area (Å²) < 4.78 is 5.40. The van der Waals surface area contributed by atoms with Crippen molar-refractivity contribution in [3.63, 3.8) is 0 Å². The van der Waals surface area contributed by atoms with Crippen LogP contribution in [0.1, 0.15) is 31.1 Å². The van der Waals surface area contributed by atoms with Gasteiger partial charge < -0.3 is 15.2 Å². The van der Waals surface area contributed by atoms with Gasteiger partial charge in [0.15, 0.2) is 0 Å². The number of halogens is 1. The van der Waals surface area contributed by atoms with Crippen molar-refractivity contribution in [2.45, 2.75) is 26.8 Å². The van der Waals surface area contributed by atoms with E-state index in [2.05, 4.69) is 10.3 Å². The summed E-state index contributed by atoms with van der Waals surface area (Å²) in [5.74, 6) is -0.390. The van der Waals surface area contributed by atoms with Crippen molar-refractivity contribution in [2.24, 2.45) is 5.92 Å². The number of hydrogen-bond donors (Lipinski definition) is 2. The molecule has 0 aliphatic heterocycles. The van der Waals surface area contributed by atoms with E-state index in [4.69, 9.17) is 21.4 Å². The van der Waals surface area contributed by atoms with Crippen LogP contribution in [0.2, 0.25) is 5.02 Å². The number of pyridine rings is 1. The van der Waals surface area contributed by atoms with Crippen molar-refractivity contribution < 1.29 is 14.6 Å². The molecule has 5 nitrogen and oxygen atoms in total. The van der Waals surface area contributed by atoms with E-state index in [1.54, 1.807) is 0 Å². The molecule has 0 aliphatic rings. The Bertz CT molecular complexity index is 438. The van der Waals surface area contributed by atoms with Gasteiger partial charge in [-0.2, -0.15) is 0 Å². The molecule has 6 heteroatoms. The number of carbonyl (C=O) groups is 1. The molecule has 2 N–H and O–H groups in total. The Morgan fingerprint density at radius 3 is 2.79 bits per heavy atom. The molecule has 1 rings (SSSR count). The highest BCUT2D eigenvalue weighted by molar-refractivity contribution is 6.35. The van der Waals surface area contributed by atoms with Gasteiger partial charge >= 0.3 is 5.97 Å². The monoisotopic (exact) mass is 286 g/mol. The van der Waals surface area contributed by atoms with E-state index < -0.39 is 5.97 Å². The molecule has 0 fully saturated rings. The summed E-state index contributed by atoms with van der Waals surface area (Å²) in [7, 11) is 0. The molecule has 0 saturated carbocycles. The molecule has 1 aromatic rings. The summed E-state index contributed by atoms with van der Waals surface area (Å²) in [5.41, 5.74) is 0.0399. The lowest BCUT2D eigenvalue weighted by atomic mass is 10.1. The number of carboxylic acids is 1. The number of anilines is 1. The van der Waals surface area contributed by atoms with Crippen molar-refractivity contribution in [3.05, 3.63) is 22.8 Å². The van der Waals surface area contributed by atoms with Gasteiger partial charge in [0.25, 0.3) is 0 Å². The predicted molar refractivity (Wildman–Crippen MR) is 74.9 cm³/mol. The Morgan fingerprint density at radius 1 is 1.58 bits per heavy atom. The summed E-state index contributed by atoms with van der Waals surface area (Å²) in [4.78, 5) is 15.1. The van der Waals surface area contributed by atoms with E-state index in [-0.39, 0.29) is 16.6 Å². The highest BCUT2D eigenvalue weighted by Gasteiger charge is 2.18. The van der Waals surface area contributed by atoms with E-state index in [1.807, 2.05) is 20.8 Å². The molecule has 1 atom stereocenters. The van der Waals surface area contributed by atoms with Crippen LogP contribution in [0.4, 0.5) is 5.82 Å². The second-order valence-corrected chi connectivity index (χ2v) is 4.86. The Morgan fingerprint density at radius 2 is 2.26 bits per heavy atom. The molecular weight excluding hydrogens is 268 g/mol. The highest BCUT2D eigenvalue weighted by Crippen LogP contribution is 2.25. The number of aromatic carboxylic acids is 1. The molecule has 0 saturated heterocycles. The van der Waals surface area contributed by atoms with Gasteiger partial charge in [0.1, 0.15) is 5.82 Å². The van der Waals surface area contributed by atoms with Gasteiger partial charge in [0.2, 0.25) is 0 Å². The van der Waals surface area contributed by atoms with Gasteiger partial charge in [0, 0.05) is 12.8 Å². The van der Waals surface area contributed by atoms with Crippen LogP contribution in [0.25, 0.3) is 0 Å². The van der Waals surface area contributed by atoms with Gasteiger partial charge in [-0.15, -0.1) is 0 Å². The fourth-order valence-electron chi connectivity index (χ4n) is 1.53. The first kappa shape index (κ1) is 15.7. The predicted octanol–water partition coefficient (Wildman–Crippen LogP) is 2.91. The molecule has 0 bridgehead atoms. The smallest absolute Gasteiger partial charge is 0.337 e. The largest absolute Gasteiger partial charge is 0.478 e. The quantitative estimate of drug-likeness (QED) is 0.806. The molecule has 1 heterocycles. The zero-order valence-corrected chi connectivity index (χ0v) is 12.1.